The van der Waals surface area contributed by atoms with Gasteiger partial charge in [0.25, 0.3) is 11.2 Å². The fourth-order valence-corrected chi connectivity index (χ4v) is 9.36. The molecule has 0 saturated heterocycles. The summed E-state index contributed by atoms with van der Waals surface area (Å²) in [5.41, 5.74) is -0.452. The summed E-state index contributed by atoms with van der Waals surface area (Å²) in [6, 6.07) is 13.2. The van der Waals surface area contributed by atoms with Crippen LogP contribution in [0.4, 0.5) is 16.2 Å². The van der Waals surface area contributed by atoms with E-state index < -0.39 is 84.9 Å². The predicted octanol–water partition coefficient (Wildman–Crippen LogP) is 3.58. The molecule has 2 aromatic heterocycles. The Labute approximate surface area is 352 Å². The minimum absolute atomic E-state index is 0. The largest absolute Gasteiger partial charge is 0.481 e. The molecule has 2 aromatic carbocycles. The van der Waals surface area contributed by atoms with Crippen molar-refractivity contribution in [1.29, 1.82) is 0 Å². The number of phosphoric ester groups is 1. The summed E-state index contributed by atoms with van der Waals surface area (Å²) in [5, 5.41) is 26.5. The Kier molecular flexibility index (Phi) is 14.6. The van der Waals surface area contributed by atoms with Crippen molar-refractivity contribution in [3.8, 4) is 11.4 Å². The van der Waals surface area contributed by atoms with Crippen LogP contribution in [-0.4, -0.2) is 91.2 Å². The van der Waals surface area contributed by atoms with Gasteiger partial charge in [0.15, 0.2) is 0 Å². The summed E-state index contributed by atoms with van der Waals surface area (Å²) in [7, 11) is -1.70. The molecule has 2 atom stereocenters. The summed E-state index contributed by atoms with van der Waals surface area (Å²) < 4.78 is 28.3. The van der Waals surface area contributed by atoms with Crippen molar-refractivity contribution < 1.29 is 62.4 Å². The molecule has 0 radical (unpaired) electrons. The third kappa shape index (κ3) is 10.2. The molecule has 0 bridgehead atoms. The van der Waals surface area contributed by atoms with E-state index in [2.05, 4.69) is 15.2 Å². The fraction of sp³-hybridized carbons (Fsp3) is 0.324. The molecule has 6 rings (SSSR count). The number of non-ortho nitro benzene ring substituents is 1. The van der Waals surface area contributed by atoms with Gasteiger partial charge in [-0.25, -0.2) is 19.1 Å². The minimum Gasteiger partial charge on any atom is -0.481 e. The molecule has 4 aromatic rings. The van der Waals surface area contributed by atoms with Crippen LogP contribution in [0.5, 0.6) is 0 Å². The first-order valence-electron chi connectivity index (χ1n) is 18.3. The number of amides is 3. The molecule has 2 aliphatic rings. The molecule has 0 aliphatic carbocycles. The monoisotopic (exact) mass is 1410 g/mol. The number of carboxylic acid groups (broad SMARTS) is 1. The van der Waals surface area contributed by atoms with Gasteiger partial charge in [-0.15, -0.1) is 0 Å². The number of anilines is 1. The number of pyridine rings is 2. The third-order valence-corrected chi connectivity index (χ3v) is 12.6. The zero-order valence-corrected chi connectivity index (χ0v) is 40.1. The zero-order valence-electron chi connectivity index (χ0n) is 32.8. The molecule has 0 spiro atoms. The van der Waals surface area contributed by atoms with Crippen molar-refractivity contribution in [3.05, 3.63) is 91.8 Å². The molecule has 2 aliphatic heterocycles. The molecule has 0 saturated carbocycles. The number of ether oxygens (including phenoxy) is 2. The van der Waals surface area contributed by atoms with Crippen LogP contribution >= 0.6 is 29.4 Å². The van der Waals surface area contributed by atoms with Crippen LogP contribution in [0.25, 0.3) is 22.3 Å². The number of aromatic nitrogens is 2. The summed E-state index contributed by atoms with van der Waals surface area (Å²) in [6.45, 7) is 0.468. The van der Waals surface area contributed by atoms with Gasteiger partial charge in [-0.05, 0) is 30.7 Å². The van der Waals surface area contributed by atoms with Gasteiger partial charge in [-0.2, -0.15) is 0 Å². The topological polar surface area (TPSA) is 296 Å². The van der Waals surface area contributed by atoms with Crippen LogP contribution in [-0.2, 0) is 56.5 Å². The number of hydrogen-bond acceptors (Lipinski definition) is 15. The number of fused-ring (bicyclic) bond motifs is 5. The van der Waals surface area contributed by atoms with Gasteiger partial charge in [0.05, 0.1) is 52.7 Å². The smallest absolute Gasteiger partial charge is 0.469 e. The van der Waals surface area contributed by atoms with Crippen LogP contribution in [0, 0.1) is 10.1 Å². The van der Waals surface area contributed by atoms with Crippen LogP contribution in [0.3, 0.4) is 0 Å². The minimum atomic E-state index is -4.83. The zero-order chi connectivity index (χ0) is 44.2. The number of aliphatic carboxylic acids is 1. The number of carbonyl (C=O) groups is 5. The van der Waals surface area contributed by atoms with Crippen LogP contribution < -0.4 is 21.1 Å². The van der Waals surface area contributed by atoms with E-state index in [9.17, 15) is 43.4 Å². The Hall–Kier alpha value is -7.84. The normalized spacial score (nSPS) is 15.3. The number of nitrogens with zero attached hydrogens (tertiary/aromatic N) is 4. The second kappa shape index (κ2) is 19.3. The number of cyclic esters (lactones) is 1. The second-order valence-corrected chi connectivity index (χ2v) is 17.2. The Morgan fingerprint density at radius 3 is 2.52 bits per heavy atom. The molecule has 3 amide bonds. The average molecular weight is 1410 g/mol. The number of nitro groups is 1. The van der Waals surface area contributed by atoms with Gasteiger partial charge in [0, 0.05) is 59.3 Å². The van der Waals surface area contributed by atoms with Gasteiger partial charge in [0.2, 0.25) is 17.4 Å². The number of phosphoric acid groups is 1. The molecular weight excluding hydrogens is 1380 g/mol. The molecule has 21 nitrogen and oxygen atoms in total. The van der Waals surface area contributed by atoms with E-state index >= 15 is 0 Å². The maximum Gasteiger partial charge on any atom is 0.469 e. The van der Waals surface area contributed by atoms with Gasteiger partial charge >= 0.3 is 25.9 Å². The number of carboxylic acids is 1. The Bertz CT molecular complexity index is 2580. The molecule has 346 valence electrons. The maximum atomic E-state index is 14.1. The van der Waals surface area contributed by atoms with E-state index in [1.165, 1.54) is 17.7 Å². The van der Waals surface area contributed by atoms with Crippen molar-refractivity contribution in [2.75, 3.05) is 30.9 Å². The van der Waals surface area contributed by atoms with Crippen LogP contribution in [0.1, 0.15) is 42.9 Å². The number of nitrogens with one attached hydrogen (secondary N) is 2. The quantitative estimate of drug-likeness (QED) is 0.0222. The number of benzene rings is 2. The van der Waals surface area contributed by atoms with Gasteiger partial charge in [-0.1, -0.05) is 46.7 Å². The Morgan fingerprint density at radius 2 is 1.84 bits per heavy atom. The first-order chi connectivity index (χ1) is 28.9. The van der Waals surface area contributed by atoms with Gasteiger partial charge in [0.1, 0.15) is 12.6 Å². The Morgan fingerprint density at radius 1 is 1.11 bits per heavy atom. The number of para-hydroxylation sites is 1. The van der Waals surface area contributed by atoms with Crippen molar-refractivity contribution in [2.24, 2.45) is 0 Å². The first kappa shape index (κ1) is 47.8. The summed E-state index contributed by atoms with van der Waals surface area (Å²) in [6.07, 6.45) is -2.31. The van der Waals surface area contributed by atoms with E-state index in [0.29, 0.717) is 16.9 Å². The van der Waals surface area contributed by atoms with Crippen molar-refractivity contribution in [3.63, 3.8) is 0 Å². The van der Waals surface area contributed by atoms with Crippen molar-refractivity contribution in [2.45, 2.75) is 55.9 Å². The average Bonchev–Trinajstić information content (AvgIpc) is 3.58. The van der Waals surface area contributed by atoms with E-state index in [4.69, 9.17) is 29.4 Å². The first-order valence-corrected chi connectivity index (χ1v) is 22.1. The van der Waals surface area contributed by atoms with Crippen LogP contribution in [0.2, 0.25) is 0 Å². The molecule has 63 heavy (non-hydrogen) atoms. The summed E-state index contributed by atoms with van der Waals surface area (Å²) in [5.74, 6) is -3.99. The summed E-state index contributed by atoms with van der Waals surface area (Å²) >= 11 is 0. The van der Waals surface area contributed by atoms with E-state index in [0.717, 1.165) is 49.6 Å². The van der Waals surface area contributed by atoms with E-state index in [-0.39, 0.29) is 53.6 Å². The standard InChI is InChI=1S/C37H37N6O15PS2.2Fm/c1-3-37(24-16-28-32-21(14-20-6-4-5-7-25(20)40-32)17-42(28)34(48)23(24)18-56-35(37)49)58-36(50)41(2)27-15-22(43(51)52)8-9-29(27)61-60-19-26(39-30(44)10-11-31(45)46)33(47)38-12-13-57-59(53,54)55;;/h4-9,14-16,26H,3,10-13,17-19H2,1-2H3,(H,38,47)(H,39,44)(H,45,46)(H2,53,54,55);;. The van der Waals surface area contributed by atoms with Crippen molar-refractivity contribution in [1.82, 2.24) is 20.2 Å². The summed E-state index contributed by atoms with van der Waals surface area (Å²) in [4.78, 5) is 113. The number of hydrogen-bond donors (Lipinski definition) is 5. The molecule has 5 N–H and O–H groups in total. The number of esters is 1. The van der Waals surface area contributed by atoms with Crippen molar-refractivity contribution >= 4 is 81.5 Å². The van der Waals surface area contributed by atoms with Crippen LogP contribution in [0.15, 0.2) is 64.3 Å². The SMILES string of the molecule is CCC1(OC(=O)N(C)c2cc([N+](=O)[O-])ccc2SSCC(NC(=O)CCC(=O)O)C(=O)NCCOP(=O)(O)O)C(=O)OCc2c1cc1n(c2=O)Cc2cc3ccccc3nc2-1.[Fm].[Fm]. The molecule has 4 heterocycles. The van der Waals surface area contributed by atoms with E-state index in [1.54, 1.807) is 13.0 Å². The third-order valence-electron chi connectivity index (χ3n) is 9.70. The fourth-order valence-electron chi connectivity index (χ4n) is 6.65. The Balaban J connectivity index is 0.00000436. The maximum absolute atomic E-state index is 14.1. The van der Waals surface area contributed by atoms with Gasteiger partial charge in [-0.3, -0.25) is 38.7 Å². The number of carbonyl (C=O) groups excluding carboxylic acids is 4. The molecular formula is C37H37Fm2N6O15PS2. The molecule has 26 heteroatoms. The van der Waals surface area contributed by atoms with E-state index in [1.807, 2.05) is 30.3 Å². The molecule has 0 fully saturated rings. The van der Waals surface area contributed by atoms with Gasteiger partial charge < -0.3 is 39.6 Å². The molecule has 2 unspecified atom stereocenters. The number of rotatable bonds is 17. The second-order valence-electron chi connectivity index (χ2n) is 13.6. The predicted molar refractivity (Wildman–Crippen MR) is 218 cm³/mol. The number of nitro benzene ring substituents is 1.